The highest BCUT2D eigenvalue weighted by Gasteiger charge is 2.15. The molecular weight excluding hydrogens is 262 g/mol. The maximum Gasteiger partial charge on any atom is 0.273 e. The highest BCUT2D eigenvalue weighted by Crippen LogP contribution is 2.22. The number of aromatic nitrogens is 1. The first kappa shape index (κ1) is 13.6. The van der Waals surface area contributed by atoms with E-state index in [1.165, 1.54) is 6.07 Å². The number of benzene rings is 1. The summed E-state index contributed by atoms with van der Waals surface area (Å²) < 4.78 is 0. The number of nitrogens with one attached hydrogen (secondary N) is 1. The lowest BCUT2D eigenvalue weighted by Crippen LogP contribution is -2.20. The number of rotatable bonds is 6. The minimum Gasteiger partial charge on any atom is -0.304 e. The molecule has 0 aliphatic heterocycles. The molecule has 1 unspecified atom stereocenters. The Kier molecular flexibility index (Phi) is 4.59. The Labute approximate surface area is 115 Å². The number of nitrogens with zero attached hydrogens (tertiary/aromatic N) is 2. The Morgan fingerprint density at radius 3 is 2.89 bits per heavy atom. The van der Waals surface area contributed by atoms with Crippen LogP contribution in [0.4, 0.5) is 5.69 Å². The number of para-hydroxylation sites is 1. The van der Waals surface area contributed by atoms with Crippen molar-refractivity contribution in [3.63, 3.8) is 0 Å². The van der Waals surface area contributed by atoms with Gasteiger partial charge in [-0.25, -0.2) is 4.98 Å². The summed E-state index contributed by atoms with van der Waals surface area (Å²) in [5.74, 6) is 0. The topological polar surface area (TPSA) is 68.1 Å². The fourth-order valence-corrected chi connectivity index (χ4v) is 2.68. The third-order valence-electron chi connectivity index (χ3n) is 2.88. The maximum atomic E-state index is 10.9. The lowest BCUT2D eigenvalue weighted by molar-refractivity contribution is -0.385. The number of hydrogen-bond donors (Lipinski definition) is 1. The Morgan fingerprint density at radius 2 is 2.26 bits per heavy atom. The summed E-state index contributed by atoms with van der Waals surface area (Å²) in [5.41, 5.74) is 0.853. The van der Waals surface area contributed by atoms with Crippen molar-refractivity contribution in [1.29, 1.82) is 0 Å². The minimum absolute atomic E-state index is 0.139. The van der Waals surface area contributed by atoms with Gasteiger partial charge in [0, 0.05) is 29.8 Å². The van der Waals surface area contributed by atoms with Crippen molar-refractivity contribution in [2.45, 2.75) is 25.9 Å². The van der Waals surface area contributed by atoms with E-state index >= 15 is 0 Å². The smallest absolute Gasteiger partial charge is 0.273 e. The largest absolute Gasteiger partial charge is 0.304 e. The summed E-state index contributed by atoms with van der Waals surface area (Å²) >= 11 is 1.59. The normalized spacial score (nSPS) is 12.3. The van der Waals surface area contributed by atoms with E-state index in [1.807, 2.05) is 11.4 Å². The number of nitro groups is 1. The van der Waals surface area contributed by atoms with Gasteiger partial charge in [-0.2, -0.15) is 0 Å². The molecule has 100 valence electrons. The van der Waals surface area contributed by atoms with Gasteiger partial charge in [0.05, 0.1) is 11.0 Å². The van der Waals surface area contributed by atoms with Gasteiger partial charge in [0.25, 0.3) is 5.69 Å². The fourth-order valence-electron chi connectivity index (χ4n) is 1.88. The van der Waals surface area contributed by atoms with Crippen LogP contribution in [0.3, 0.4) is 0 Å². The van der Waals surface area contributed by atoms with Crippen LogP contribution in [-0.4, -0.2) is 9.91 Å². The van der Waals surface area contributed by atoms with E-state index in [0.29, 0.717) is 12.1 Å². The van der Waals surface area contributed by atoms with Gasteiger partial charge in [0.15, 0.2) is 0 Å². The van der Waals surface area contributed by atoms with E-state index in [4.69, 9.17) is 0 Å². The van der Waals surface area contributed by atoms with Crippen LogP contribution in [0.2, 0.25) is 0 Å². The first-order valence-corrected chi connectivity index (χ1v) is 6.95. The predicted octanol–water partition coefficient (Wildman–Crippen LogP) is 3.29. The predicted molar refractivity (Wildman–Crippen MR) is 75.1 cm³/mol. The minimum atomic E-state index is -0.346. The second-order valence-corrected chi connectivity index (χ2v) is 5.02. The lowest BCUT2D eigenvalue weighted by Gasteiger charge is -2.14. The van der Waals surface area contributed by atoms with Crippen LogP contribution in [0.15, 0.2) is 35.8 Å². The molecule has 2 aromatic rings. The van der Waals surface area contributed by atoms with Crippen molar-refractivity contribution in [3.05, 3.63) is 56.5 Å². The monoisotopic (exact) mass is 277 g/mol. The quantitative estimate of drug-likeness (QED) is 0.650. The zero-order valence-electron chi connectivity index (χ0n) is 10.6. The first-order valence-electron chi connectivity index (χ1n) is 6.07. The van der Waals surface area contributed by atoms with Gasteiger partial charge in [-0.15, -0.1) is 11.3 Å². The van der Waals surface area contributed by atoms with E-state index in [0.717, 1.165) is 11.4 Å². The van der Waals surface area contributed by atoms with Gasteiger partial charge in [0.2, 0.25) is 0 Å². The number of nitro benzene ring substituents is 1. The molecule has 0 aliphatic carbocycles. The zero-order chi connectivity index (χ0) is 13.7. The van der Waals surface area contributed by atoms with Gasteiger partial charge < -0.3 is 5.32 Å². The third kappa shape index (κ3) is 3.36. The van der Waals surface area contributed by atoms with Crippen molar-refractivity contribution in [3.8, 4) is 0 Å². The Hall–Kier alpha value is -1.79. The Balaban J connectivity index is 2.08. The summed E-state index contributed by atoms with van der Waals surface area (Å²) in [6.45, 7) is 2.54. The van der Waals surface area contributed by atoms with Gasteiger partial charge in [-0.3, -0.25) is 10.1 Å². The molecule has 2 rings (SSSR count). The van der Waals surface area contributed by atoms with E-state index < -0.39 is 0 Å². The molecule has 19 heavy (non-hydrogen) atoms. The molecule has 5 nitrogen and oxygen atoms in total. The molecule has 0 saturated heterocycles. The second kappa shape index (κ2) is 6.40. The van der Waals surface area contributed by atoms with Crippen LogP contribution in [0, 0.1) is 10.1 Å². The van der Waals surface area contributed by atoms with Crippen molar-refractivity contribution in [2.75, 3.05) is 0 Å². The van der Waals surface area contributed by atoms with Crippen LogP contribution in [0.1, 0.15) is 30.0 Å². The zero-order valence-corrected chi connectivity index (χ0v) is 11.4. The molecule has 0 spiro atoms. The summed E-state index contributed by atoms with van der Waals surface area (Å²) in [7, 11) is 0. The molecule has 1 heterocycles. The highest BCUT2D eigenvalue weighted by molar-refractivity contribution is 7.09. The maximum absolute atomic E-state index is 10.9. The van der Waals surface area contributed by atoms with E-state index in [2.05, 4.69) is 17.2 Å². The third-order valence-corrected chi connectivity index (χ3v) is 3.77. The molecule has 0 bridgehead atoms. The molecule has 1 atom stereocenters. The van der Waals surface area contributed by atoms with Crippen LogP contribution < -0.4 is 5.32 Å². The van der Waals surface area contributed by atoms with Crippen molar-refractivity contribution >= 4 is 17.0 Å². The van der Waals surface area contributed by atoms with E-state index in [9.17, 15) is 10.1 Å². The molecule has 0 saturated carbocycles. The fraction of sp³-hybridized carbons (Fsp3) is 0.308. The molecular formula is C13H15N3O2S. The van der Waals surface area contributed by atoms with Crippen LogP contribution in [-0.2, 0) is 6.54 Å². The van der Waals surface area contributed by atoms with E-state index in [-0.39, 0.29) is 16.7 Å². The summed E-state index contributed by atoms with van der Waals surface area (Å²) in [4.78, 5) is 14.9. The summed E-state index contributed by atoms with van der Waals surface area (Å²) in [5, 5.41) is 17.2. The molecule has 1 aromatic heterocycles. The van der Waals surface area contributed by atoms with Crippen LogP contribution in [0.25, 0.3) is 0 Å². The molecule has 6 heteroatoms. The average molecular weight is 277 g/mol. The second-order valence-electron chi connectivity index (χ2n) is 4.10. The van der Waals surface area contributed by atoms with Crippen molar-refractivity contribution in [2.24, 2.45) is 0 Å². The van der Waals surface area contributed by atoms with Crippen molar-refractivity contribution in [1.82, 2.24) is 10.3 Å². The summed E-state index contributed by atoms with van der Waals surface area (Å²) in [6.07, 6.45) is 2.67. The van der Waals surface area contributed by atoms with Gasteiger partial charge in [0.1, 0.15) is 5.01 Å². The molecule has 0 fully saturated rings. The molecule has 0 radical (unpaired) electrons. The SMILES string of the molecule is CCC(NCc1ccccc1[N+](=O)[O-])c1nccs1. The van der Waals surface area contributed by atoms with Crippen LogP contribution in [0.5, 0.6) is 0 Å². The molecule has 0 amide bonds. The number of hydrogen-bond acceptors (Lipinski definition) is 5. The van der Waals surface area contributed by atoms with Gasteiger partial charge >= 0.3 is 0 Å². The molecule has 0 aliphatic rings. The molecule has 1 aromatic carbocycles. The van der Waals surface area contributed by atoms with Gasteiger partial charge in [-0.1, -0.05) is 25.1 Å². The highest BCUT2D eigenvalue weighted by atomic mass is 32.1. The average Bonchev–Trinajstić information content (AvgIpc) is 2.94. The van der Waals surface area contributed by atoms with Crippen molar-refractivity contribution < 1.29 is 4.92 Å². The van der Waals surface area contributed by atoms with E-state index in [1.54, 1.807) is 29.7 Å². The van der Waals surface area contributed by atoms with Crippen LogP contribution >= 0.6 is 11.3 Å². The first-order chi connectivity index (χ1) is 9.22. The van der Waals surface area contributed by atoms with Gasteiger partial charge in [-0.05, 0) is 6.42 Å². The number of thiazole rings is 1. The Morgan fingerprint density at radius 1 is 1.47 bits per heavy atom. The molecule has 1 N–H and O–H groups in total. The Bertz CT molecular complexity index is 543. The lowest BCUT2D eigenvalue weighted by atomic mass is 10.1. The summed E-state index contributed by atoms with van der Waals surface area (Å²) in [6, 6.07) is 6.94. The standard InChI is InChI=1S/C13H15N3O2S/c1-2-11(13-14-7-8-19-13)15-9-10-5-3-4-6-12(10)16(17)18/h3-8,11,15H,2,9H2,1H3.